The maximum atomic E-state index is 12.8. The lowest BCUT2D eigenvalue weighted by atomic mass is 10.0. The largest absolute Gasteiger partial charge is 0.445 e. The Morgan fingerprint density at radius 1 is 0.933 bits per heavy atom. The van der Waals surface area contributed by atoms with Gasteiger partial charge in [0, 0.05) is 6.42 Å². The van der Waals surface area contributed by atoms with E-state index in [2.05, 4.69) is 17.2 Å². The van der Waals surface area contributed by atoms with Gasteiger partial charge in [0.2, 0.25) is 11.8 Å². The van der Waals surface area contributed by atoms with Crippen LogP contribution in [-0.4, -0.2) is 30.0 Å². The highest BCUT2D eigenvalue weighted by Gasteiger charge is 2.26. The summed E-state index contributed by atoms with van der Waals surface area (Å²) in [4.78, 5) is 36.8. The number of benzene rings is 2. The van der Waals surface area contributed by atoms with Crippen molar-refractivity contribution in [2.75, 3.05) is 0 Å². The molecule has 0 saturated carbocycles. The van der Waals surface area contributed by atoms with E-state index in [4.69, 9.17) is 10.5 Å². The number of nitrogens with two attached hydrogens (primary N) is 1. The van der Waals surface area contributed by atoms with Gasteiger partial charge in [-0.2, -0.15) is 0 Å². The molecule has 0 radical (unpaired) electrons. The van der Waals surface area contributed by atoms with Crippen LogP contribution in [0.15, 0.2) is 73.3 Å². The summed E-state index contributed by atoms with van der Waals surface area (Å²) in [6.07, 6.45) is 2.00. The van der Waals surface area contributed by atoms with E-state index in [9.17, 15) is 14.4 Å². The number of nitrogens with one attached hydrogen (secondary N) is 2. The Bertz CT molecular complexity index is 840. The fraction of sp³-hybridized carbons (Fsp3) is 0.261. The molecule has 0 aliphatic rings. The summed E-state index contributed by atoms with van der Waals surface area (Å²) < 4.78 is 5.23. The molecule has 0 unspecified atom stereocenters. The minimum atomic E-state index is -0.929. The van der Waals surface area contributed by atoms with E-state index in [-0.39, 0.29) is 13.0 Å². The summed E-state index contributed by atoms with van der Waals surface area (Å²) in [7, 11) is 0. The average Bonchev–Trinajstić information content (AvgIpc) is 2.76. The first-order chi connectivity index (χ1) is 14.5. The summed E-state index contributed by atoms with van der Waals surface area (Å²) >= 11 is 0. The quantitative estimate of drug-likeness (QED) is 0.495. The third kappa shape index (κ3) is 7.79. The van der Waals surface area contributed by atoms with Crippen molar-refractivity contribution in [3.05, 3.63) is 84.4 Å². The number of carbonyl (C=O) groups is 3. The normalized spacial score (nSPS) is 12.3. The van der Waals surface area contributed by atoms with Crippen LogP contribution in [-0.2, 0) is 27.4 Å². The maximum Gasteiger partial charge on any atom is 0.408 e. The van der Waals surface area contributed by atoms with Crippen LogP contribution in [0.3, 0.4) is 0 Å². The third-order valence-electron chi connectivity index (χ3n) is 4.42. The van der Waals surface area contributed by atoms with Gasteiger partial charge < -0.3 is 21.1 Å². The second-order valence-corrected chi connectivity index (χ2v) is 6.78. The zero-order valence-electron chi connectivity index (χ0n) is 16.8. The van der Waals surface area contributed by atoms with Gasteiger partial charge in [-0.05, 0) is 24.0 Å². The van der Waals surface area contributed by atoms with Gasteiger partial charge in [0.25, 0.3) is 0 Å². The molecule has 0 heterocycles. The molecule has 3 amide bonds. The van der Waals surface area contributed by atoms with Crippen molar-refractivity contribution >= 4 is 17.9 Å². The van der Waals surface area contributed by atoms with Crippen molar-refractivity contribution in [2.24, 2.45) is 5.73 Å². The Balaban J connectivity index is 2.04. The summed E-state index contributed by atoms with van der Waals surface area (Å²) in [5.41, 5.74) is 7.07. The third-order valence-corrected chi connectivity index (χ3v) is 4.42. The zero-order valence-corrected chi connectivity index (χ0v) is 16.8. The second kappa shape index (κ2) is 12.1. The number of amides is 3. The standard InChI is InChI=1S/C23H27N3O4/c1-2-3-14-19(21(24)27)25-22(28)20(15-17-10-6-4-7-11-17)26-23(29)30-16-18-12-8-5-9-13-18/h2,4-13,19-20H,1,3,14-16H2,(H2,24,27)(H,25,28)(H,26,29)/t19-,20+/m0/s1. The Hall–Kier alpha value is -3.61. The minimum Gasteiger partial charge on any atom is -0.445 e. The van der Waals surface area contributed by atoms with Crippen LogP contribution >= 0.6 is 0 Å². The van der Waals surface area contributed by atoms with E-state index in [1.807, 2.05) is 60.7 Å². The first kappa shape index (κ1) is 22.7. The molecule has 0 saturated heterocycles. The van der Waals surface area contributed by atoms with E-state index in [0.717, 1.165) is 11.1 Å². The number of hydrogen-bond donors (Lipinski definition) is 3. The van der Waals surface area contributed by atoms with Crippen LogP contribution in [0, 0.1) is 0 Å². The lowest BCUT2D eigenvalue weighted by Crippen LogP contribution is -2.53. The molecule has 0 fully saturated rings. The van der Waals surface area contributed by atoms with Crippen LogP contribution in [0.2, 0.25) is 0 Å². The molecule has 0 spiro atoms. The molecular weight excluding hydrogens is 382 g/mol. The molecule has 0 aliphatic carbocycles. The highest BCUT2D eigenvalue weighted by atomic mass is 16.5. The van der Waals surface area contributed by atoms with Crippen molar-refractivity contribution in [3.8, 4) is 0 Å². The van der Waals surface area contributed by atoms with Crippen LogP contribution in [0.4, 0.5) is 4.79 Å². The predicted octanol–water partition coefficient (Wildman–Crippen LogP) is 2.46. The summed E-state index contributed by atoms with van der Waals surface area (Å²) in [5, 5.41) is 5.21. The van der Waals surface area contributed by atoms with Crippen LogP contribution in [0.25, 0.3) is 0 Å². The van der Waals surface area contributed by atoms with Crippen molar-refractivity contribution in [2.45, 2.75) is 38.0 Å². The Morgan fingerprint density at radius 2 is 1.53 bits per heavy atom. The number of primary amides is 1. The highest BCUT2D eigenvalue weighted by Crippen LogP contribution is 2.07. The van der Waals surface area contributed by atoms with Crippen molar-refractivity contribution < 1.29 is 19.1 Å². The van der Waals surface area contributed by atoms with E-state index in [0.29, 0.717) is 12.8 Å². The van der Waals surface area contributed by atoms with E-state index in [1.54, 1.807) is 6.08 Å². The Kier molecular flexibility index (Phi) is 9.12. The van der Waals surface area contributed by atoms with Gasteiger partial charge in [-0.25, -0.2) is 4.79 Å². The molecule has 2 rings (SSSR count). The number of rotatable bonds is 11. The number of ether oxygens (including phenoxy) is 1. The van der Waals surface area contributed by atoms with Gasteiger partial charge in [0.1, 0.15) is 18.7 Å². The highest BCUT2D eigenvalue weighted by molar-refractivity contribution is 5.90. The van der Waals surface area contributed by atoms with Gasteiger partial charge in [0.05, 0.1) is 0 Å². The topological polar surface area (TPSA) is 111 Å². The monoisotopic (exact) mass is 409 g/mol. The molecule has 2 aromatic rings. The summed E-state index contributed by atoms with van der Waals surface area (Å²) in [6.45, 7) is 3.69. The number of hydrogen-bond acceptors (Lipinski definition) is 4. The number of alkyl carbamates (subject to hydrolysis) is 1. The van der Waals surface area contributed by atoms with Gasteiger partial charge >= 0.3 is 6.09 Å². The molecule has 0 aromatic heterocycles. The van der Waals surface area contributed by atoms with Crippen molar-refractivity contribution in [1.29, 1.82) is 0 Å². The van der Waals surface area contributed by atoms with Gasteiger partial charge in [-0.15, -0.1) is 6.58 Å². The van der Waals surface area contributed by atoms with E-state index >= 15 is 0 Å². The van der Waals surface area contributed by atoms with Gasteiger partial charge in [0.15, 0.2) is 0 Å². The van der Waals surface area contributed by atoms with Crippen molar-refractivity contribution in [3.63, 3.8) is 0 Å². The second-order valence-electron chi connectivity index (χ2n) is 6.78. The Morgan fingerprint density at radius 3 is 2.10 bits per heavy atom. The molecule has 4 N–H and O–H groups in total. The van der Waals surface area contributed by atoms with Crippen LogP contribution in [0.1, 0.15) is 24.0 Å². The molecular formula is C23H27N3O4. The first-order valence-electron chi connectivity index (χ1n) is 9.71. The molecule has 30 heavy (non-hydrogen) atoms. The zero-order chi connectivity index (χ0) is 21.8. The summed E-state index contributed by atoms with van der Waals surface area (Å²) in [6, 6.07) is 16.7. The smallest absolute Gasteiger partial charge is 0.408 e. The molecule has 0 aliphatic heterocycles. The predicted molar refractivity (Wildman–Crippen MR) is 114 cm³/mol. The number of carbonyl (C=O) groups excluding carboxylic acids is 3. The van der Waals surface area contributed by atoms with Crippen molar-refractivity contribution in [1.82, 2.24) is 10.6 Å². The molecule has 158 valence electrons. The van der Waals surface area contributed by atoms with E-state index in [1.165, 1.54) is 0 Å². The molecule has 2 aromatic carbocycles. The fourth-order valence-corrected chi connectivity index (χ4v) is 2.81. The fourth-order valence-electron chi connectivity index (χ4n) is 2.81. The maximum absolute atomic E-state index is 12.8. The summed E-state index contributed by atoms with van der Waals surface area (Å²) in [5.74, 6) is -1.15. The lowest BCUT2D eigenvalue weighted by molar-refractivity contribution is -0.128. The molecule has 2 atom stereocenters. The number of allylic oxidation sites excluding steroid dienone is 1. The molecule has 7 nitrogen and oxygen atoms in total. The minimum absolute atomic E-state index is 0.0790. The van der Waals surface area contributed by atoms with Gasteiger partial charge in [-0.1, -0.05) is 66.7 Å². The Labute approximate surface area is 176 Å². The average molecular weight is 409 g/mol. The molecule has 0 bridgehead atoms. The van der Waals surface area contributed by atoms with Crippen LogP contribution < -0.4 is 16.4 Å². The molecule has 7 heteroatoms. The lowest BCUT2D eigenvalue weighted by Gasteiger charge is -2.22. The van der Waals surface area contributed by atoms with Crippen LogP contribution in [0.5, 0.6) is 0 Å². The van der Waals surface area contributed by atoms with Gasteiger partial charge in [-0.3, -0.25) is 9.59 Å². The SMILES string of the molecule is C=CCC[C@H](NC(=O)[C@@H](Cc1ccccc1)NC(=O)OCc1ccccc1)C(N)=O. The van der Waals surface area contributed by atoms with E-state index < -0.39 is 30.0 Å². The first-order valence-corrected chi connectivity index (χ1v) is 9.71.